The summed E-state index contributed by atoms with van der Waals surface area (Å²) < 4.78 is 0. The van der Waals surface area contributed by atoms with Crippen LogP contribution in [-0.2, 0) is 4.79 Å². The minimum Gasteiger partial charge on any atom is -0.394 e. The van der Waals surface area contributed by atoms with Crippen molar-refractivity contribution < 1.29 is 9.90 Å². The van der Waals surface area contributed by atoms with E-state index in [9.17, 15) is 9.90 Å². The van der Waals surface area contributed by atoms with Crippen LogP contribution in [0.5, 0.6) is 0 Å². The molecular weight excluding hydrogens is 202 g/mol. The first-order valence-corrected chi connectivity index (χ1v) is 6.65. The number of aliphatic hydroxyl groups is 1. The van der Waals surface area contributed by atoms with E-state index in [4.69, 9.17) is 0 Å². The lowest BCUT2D eigenvalue weighted by molar-refractivity contribution is -0.137. The van der Waals surface area contributed by atoms with Gasteiger partial charge in [-0.05, 0) is 25.7 Å². The summed E-state index contributed by atoms with van der Waals surface area (Å²) in [5.41, 5.74) is 0. The molecule has 1 unspecified atom stereocenters. The molecule has 0 saturated carbocycles. The van der Waals surface area contributed by atoms with Crippen LogP contribution in [-0.4, -0.2) is 35.1 Å². The van der Waals surface area contributed by atoms with E-state index >= 15 is 0 Å². The highest BCUT2D eigenvalue weighted by Gasteiger charge is 2.31. The zero-order valence-corrected chi connectivity index (χ0v) is 10.6. The van der Waals surface area contributed by atoms with Crippen molar-refractivity contribution in [3.8, 4) is 0 Å². The normalized spacial score (nSPS) is 22.4. The molecule has 94 valence electrons. The van der Waals surface area contributed by atoms with Gasteiger partial charge in [-0.2, -0.15) is 0 Å². The molecule has 1 fully saturated rings. The van der Waals surface area contributed by atoms with Crippen LogP contribution in [0.2, 0.25) is 0 Å². The molecule has 0 aromatic rings. The Balaban J connectivity index is 2.52. The van der Waals surface area contributed by atoms with E-state index in [1.807, 2.05) is 4.90 Å². The van der Waals surface area contributed by atoms with Gasteiger partial charge in [-0.1, -0.05) is 26.7 Å². The molecule has 1 saturated heterocycles. The molecule has 0 aromatic heterocycles. The number of carbonyl (C=O) groups is 1. The molecule has 0 aliphatic carbocycles. The van der Waals surface area contributed by atoms with E-state index in [-0.39, 0.29) is 24.5 Å². The second kappa shape index (κ2) is 6.89. The number of hydrogen-bond acceptors (Lipinski definition) is 2. The van der Waals surface area contributed by atoms with Crippen LogP contribution < -0.4 is 0 Å². The summed E-state index contributed by atoms with van der Waals surface area (Å²) in [7, 11) is 0. The summed E-state index contributed by atoms with van der Waals surface area (Å²) in [6, 6.07) is 0.0863. The van der Waals surface area contributed by atoms with Crippen molar-refractivity contribution in [3.63, 3.8) is 0 Å². The van der Waals surface area contributed by atoms with E-state index in [0.717, 1.165) is 45.1 Å². The van der Waals surface area contributed by atoms with E-state index in [2.05, 4.69) is 13.8 Å². The minimum atomic E-state index is 0.0863. The predicted octanol–water partition coefficient (Wildman–Crippen LogP) is 2.19. The predicted molar refractivity (Wildman–Crippen MR) is 65.1 cm³/mol. The quantitative estimate of drug-likeness (QED) is 0.755. The van der Waals surface area contributed by atoms with Gasteiger partial charge in [-0.3, -0.25) is 4.79 Å². The summed E-state index contributed by atoms with van der Waals surface area (Å²) in [5, 5.41) is 9.22. The molecule has 2 atom stereocenters. The Labute approximate surface area is 98.8 Å². The van der Waals surface area contributed by atoms with Gasteiger partial charge in [0.25, 0.3) is 0 Å². The van der Waals surface area contributed by atoms with Crippen LogP contribution >= 0.6 is 0 Å². The SMILES string of the molecule is CCCCC(CC)C(=O)N1CCC[C@@H]1CO. The second-order valence-corrected chi connectivity index (χ2v) is 4.76. The van der Waals surface area contributed by atoms with Crippen molar-refractivity contribution in [2.24, 2.45) is 5.92 Å². The van der Waals surface area contributed by atoms with Gasteiger partial charge in [0.2, 0.25) is 5.91 Å². The molecule has 3 heteroatoms. The molecule has 1 amide bonds. The van der Waals surface area contributed by atoms with Crippen LogP contribution in [0.1, 0.15) is 52.4 Å². The number of hydrogen-bond donors (Lipinski definition) is 1. The molecule has 1 rings (SSSR count). The maximum atomic E-state index is 12.3. The van der Waals surface area contributed by atoms with Gasteiger partial charge in [0.1, 0.15) is 0 Å². The molecular formula is C13H25NO2. The standard InChI is InChI=1S/C13H25NO2/c1-3-5-7-11(4-2)13(16)14-9-6-8-12(14)10-15/h11-12,15H,3-10H2,1-2H3/t11?,12-/m1/s1. The molecule has 1 heterocycles. The third kappa shape index (κ3) is 3.21. The fraction of sp³-hybridized carbons (Fsp3) is 0.923. The Bertz CT molecular complexity index is 218. The number of likely N-dealkylation sites (tertiary alicyclic amines) is 1. The number of aliphatic hydroxyl groups excluding tert-OH is 1. The number of amides is 1. The fourth-order valence-electron chi connectivity index (χ4n) is 2.50. The smallest absolute Gasteiger partial charge is 0.225 e. The Morgan fingerprint density at radius 1 is 1.50 bits per heavy atom. The Hall–Kier alpha value is -0.570. The summed E-state index contributed by atoms with van der Waals surface area (Å²) in [6.45, 7) is 5.20. The monoisotopic (exact) mass is 227 g/mol. The number of nitrogens with zero attached hydrogens (tertiary/aromatic N) is 1. The largest absolute Gasteiger partial charge is 0.394 e. The first-order chi connectivity index (χ1) is 7.74. The fourth-order valence-corrected chi connectivity index (χ4v) is 2.50. The lowest BCUT2D eigenvalue weighted by Crippen LogP contribution is -2.41. The van der Waals surface area contributed by atoms with Crippen molar-refractivity contribution in [3.05, 3.63) is 0 Å². The first kappa shape index (κ1) is 13.5. The van der Waals surface area contributed by atoms with E-state index in [0.29, 0.717) is 0 Å². The summed E-state index contributed by atoms with van der Waals surface area (Å²) >= 11 is 0. The molecule has 0 spiro atoms. The third-order valence-corrected chi connectivity index (χ3v) is 3.62. The van der Waals surface area contributed by atoms with Crippen LogP contribution in [0, 0.1) is 5.92 Å². The molecule has 0 bridgehead atoms. The Morgan fingerprint density at radius 2 is 2.25 bits per heavy atom. The minimum absolute atomic E-state index is 0.0863. The van der Waals surface area contributed by atoms with E-state index in [1.54, 1.807) is 0 Å². The molecule has 1 aliphatic heterocycles. The van der Waals surface area contributed by atoms with Crippen LogP contribution in [0.4, 0.5) is 0 Å². The molecule has 0 radical (unpaired) electrons. The Morgan fingerprint density at radius 3 is 2.81 bits per heavy atom. The zero-order valence-electron chi connectivity index (χ0n) is 10.6. The lowest BCUT2D eigenvalue weighted by Gasteiger charge is -2.27. The highest BCUT2D eigenvalue weighted by Crippen LogP contribution is 2.23. The molecule has 1 aliphatic rings. The summed E-state index contributed by atoms with van der Waals surface area (Å²) in [5.74, 6) is 0.444. The van der Waals surface area contributed by atoms with Gasteiger partial charge >= 0.3 is 0 Å². The summed E-state index contributed by atoms with van der Waals surface area (Å²) in [4.78, 5) is 14.2. The van der Waals surface area contributed by atoms with Crippen molar-refractivity contribution in [2.75, 3.05) is 13.2 Å². The van der Waals surface area contributed by atoms with Gasteiger partial charge in [-0.25, -0.2) is 0 Å². The highest BCUT2D eigenvalue weighted by atomic mass is 16.3. The maximum Gasteiger partial charge on any atom is 0.225 e. The van der Waals surface area contributed by atoms with Crippen molar-refractivity contribution in [2.45, 2.75) is 58.4 Å². The number of rotatable bonds is 6. The molecule has 1 N–H and O–H groups in total. The van der Waals surface area contributed by atoms with Crippen molar-refractivity contribution in [1.29, 1.82) is 0 Å². The van der Waals surface area contributed by atoms with Crippen LogP contribution in [0.25, 0.3) is 0 Å². The average Bonchev–Trinajstić information content (AvgIpc) is 2.77. The van der Waals surface area contributed by atoms with Crippen molar-refractivity contribution >= 4 is 5.91 Å². The average molecular weight is 227 g/mol. The maximum absolute atomic E-state index is 12.3. The van der Waals surface area contributed by atoms with Crippen LogP contribution in [0.3, 0.4) is 0 Å². The molecule has 16 heavy (non-hydrogen) atoms. The third-order valence-electron chi connectivity index (χ3n) is 3.62. The van der Waals surface area contributed by atoms with Gasteiger partial charge in [0, 0.05) is 12.5 Å². The van der Waals surface area contributed by atoms with Gasteiger partial charge < -0.3 is 10.0 Å². The van der Waals surface area contributed by atoms with Gasteiger partial charge in [-0.15, -0.1) is 0 Å². The van der Waals surface area contributed by atoms with Crippen molar-refractivity contribution in [1.82, 2.24) is 4.90 Å². The van der Waals surface area contributed by atoms with Gasteiger partial charge in [0.05, 0.1) is 12.6 Å². The van der Waals surface area contributed by atoms with E-state index < -0.39 is 0 Å². The topological polar surface area (TPSA) is 40.5 Å². The zero-order chi connectivity index (χ0) is 12.0. The molecule has 3 nitrogen and oxygen atoms in total. The van der Waals surface area contributed by atoms with Gasteiger partial charge in [0.15, 0.2) is 0 Å². The first-order valence-electron chi connectivity index (χ1n) is 6.65. The summed E-state index contributed by atoms with van der Waals surface area (Å²) in [6.07, 6.45) is 6.21. The number of carbonyl (C=O) groups excluding carboxylic acids is 1. The van der Waals surface area contributed by atoms with Crippen LogP contribution in [0.15, 0.2) is 0 Å². The highest BCUT2D eigenvalue weighted by molar-refractivity contribution is 5.79. The van der Waals surface area contributed by atoms with E-state index in [1.165, 1.54) is 0 Å². The number of unbranched alkanes of at least 4 members (excludes halogenated alkanes) is 1. The lowest BCUT2D eigenvalue weighted by atomic mass is 9.97. The molecule has 0 aromatic carbocycles. The second-order valence-electron chi connectivity index (χ2n) is 4.76. The Kier molecular flexibility index (Phi) is 5.81.